The molecule has 0 saturated heterocycles. The van der Waals surface area contributed by atoms with Gasteiger partial charge in [-0.3, -0.25) is 0 Å². The van der Waals surface area contributed by atoms with Gasteiger partial charge in [-0.05, 0) is 30.2 Å². The molecule has 0 spiro atoms. The number of aryl methyl sites for hydroxylation is 1. The van der Waals surface area contributed by atoms with Gasteiger partial charge in [0, 0.05) is 14.2 Å². The maximum Gasteiger partial charge on any atom is 0.130 e. The van der Waals surface area contributed by atoms with Crippen molar-refractivity contribution in [2.75, 3.05) is 0 Å². The molecule has 17 heavy (non-hydrogen) atoms. The minimum atomic E-state index is 0.911. The van der Waals surface area contributed by atoms with E-state index in [1.807, 2.05) is 18.2 Å². The lowest BCUT2D eigenvalue weighted by atomic mass is 9.51. The van der Waals surface area contributed by atoms with Crippen molar-refractivity contribution in [1.29, 1.82) is 0 Å². The average Bonchev–Trinajstić information content (AvgIpc) is 2.35. The van der Waals surface area contributed by atoms with Gasteiger partial charge in [0.25, 0.3) is 0 Å². The molecule has 0 N–H and O–H groups in total. The van der Waals surface area contributed by atoms with E-state index in [0.717, 1.165) is 23.4 Å². The van der Waals surface area contributed by atoms with Crippen LogP contribution in [0.5, 0.6) is 11.5 Å². The Morgan fingerprint density at radius 1 is 1.06 bits per heavy atom. The fraction of sp³-hybridized carbons (Fsp3) is 0.143. The first-order valence-electron chi connectivity index (χ1n) is 5.71. The Morgan fingerprint density at radius 2 is 1.76 bits per heavy atom. The molecule has 1 aliphatic rings. The number of rotatable bonds is 1. The van der Waals surface area contributed by atoms with E-state index in [9.17, 15) is 0 Å². The first kappa shape index (κ1) is 10.5. The number of fused-ring (bicyclic) bond motifs is 2. The van der Waals surface area contributed by atoms with Crippen LogP contribution in [0, 0.1) is 6.92 Å². The summed E-state index contributed by atoms with van der Waals surface area (Å²) in [4.78, 5) is 0. The molecule has 3 radical (unpaired) electrons. The highest BCUT2D eigenvalue weighted by Crippen LogP contribution is 2.36. The lowest BCUT2D eigenvalue weighted by Gasteiger charge is -2.21. The summed E-state index contributed by atoms with van der Waals surface area (Å²) < 4.78 is 5.88. The van der Waals surface area contributed by atoms with Gasteiger partial charge in [0.05, 0.1) is 7.17 Å². The molecule has 79 valence electrons. The molecule has 2 aromatic rings. The molecule has 0 aromatic heterocycles. The molecule has 2 aromatic carbocycles. The van der Waals surface area contributed by atoms with E-state index in [1.54, 1.807) is 7.17 Å². The van der Waals surface area contributed by atoms with Crippen LogP contribution in [0.2, 0.25) is 0 Å². The summed E-state index contributed by atoms with van der Waals surface area (Å²) in [6.45, 7) is 2.10. The van der Waals surface area contributed by atoms with Gasteiger partial charge in [0.2, 0.25) is 0 Å². The van der Waals surface area contributed by atoms with Gasteiger partial charge >= 0.3 is 0 Å². The van der Waals surface area contributed by atoms with Crippen molar-refractivity contribution in [2.24, 2.45) is 0 Å². The van der Waals surface area contributed by atoms with Crippen LogP contribution in [0.4, 0.5) is 0 Å². The number of ether oxygens (including phenoxy) is 1. The highest BCUT2D eigenvalue weighted by Gasteiger charge is 2.16. The zero-order valence-electron chi connectivity index (χ0n) is 9.73. The van der Waals surface area contributed by atoms with Crippen LogP contribution in [-0.2, 0) is 6.42 Å². The van der Waals surface area contributed by atoms with E-state index in [2.05, 4.69) is 25.1 Å². The third-order valence-electron chi connectivity index (χ3n) is 3.09. The maximum absolute atomic E-state index is 5.88. The van der Waals surface area contributed by atoms with E-state index in [4.69, 9.17) is 12.5 Å². The molecule has 0 unspecified atom stereocenters. The standard InChI is InChI=1S/C14H11B2O/c1-9-2-4-13-10(6-9)7-11-8-12(16-15)3-5-14(11)17-13/h2-6,8H,7H2,1H3. The van der Waals surface area contributed by atoms with E-state index in [-0.39, 0.29) is 0 Å². The van der Waals surface area contributed by atoms with Crippen molar-refractivity contribution in [2.45, 2.75) is 13.3 Å². The van der Waals surface area contributed by atoms with Gasteiger partial charge in [-0.25, -0.2) is 0 Å². The Hall–Kier alpha value is -1.63. The third kappa shape index (κ3) is 1.86. The minimum absolute atomic E-state index is 0.911. The lowest BCUT2D eigenvalue weighted by Crippen LogP contribution is -2.16. The Morgan fingerprint density at radius 3 is 2.53 bits per heavy atom. The maximum atomic E-state index is 5.88. The summed E-state index contributed by atoms with van der Waals surface area (Å²) in [5, 5.41) is 0. The van der Waals surface area contributed by atoms with E-state index in [0.29, 0.717) is 0 Å². The summed E-state index contributed by atoms with van der Waals surface area (Å²) in [6.07, 6.45) is 0.911. The van der Waals surface area contributed by atoms with Crippen molar-refractivity contribution in [1.82, 2.24) is 0 Å². The van der Waals surface area contributed by atoms with Gasteiger partial charge in [-0.1, -0.05) is 35.3 Å². The Balaban J connectivity index is 2.05. The first-order chi connectivity index (χ1) is 8.26. The molecule has 0 amide bonds. The second-order valence-electron chi connectivity index (χ2n) is 4.42. The molecule has 0 saturated carbocycles. The van der Waals surface area contributed by atoms with Crippen LogP contribution in [0.3, 0.4) is 0 Å². The fourth-order valence-electron chi connectivity index (χ4n) is 2.21. The van der Waals surface area contributed by atoms with Crippen LogP contribution < -0.4 is 10.2 Å². The molecule has 0 atom stereocenters. The molecular weight excluding hydrogens is 206 g/mol. The zero-order valence-corrected chi connectivity index (χ0v) is 9.73. The summed E-state index contributed by atoms with van der Waals surface area (Å²) >= 11 is 0. The van der Waals surface area contributed by atoms with Crippen molar-refractivity contribution < 1.29 is 4.74 Å². The van der Waals surface area contributed by atoms with Gasteiger partial charge in [-0.2, -0.15) is 0 Å². The third-order valence-corrected chi connectivity index (χ3v) is 3.09. The topological polar surface area (TPSA) is 9.23 Å². The molecule has 1 aliphatic heterocycles. The highest BCUT2D eigenvalue weighted by molar-refractivity contribution is 6.97. The van der Waals surface area contributed by atoms with Crippen LogP contribution in [0.1, 0.15) is 16.7 Å². The molecular formula is C14H11B2O. The first-order valence-corrected chi connectivity index (χ1v) is 5.71. The quantitative estimate of drug-likeness (QED) is 0.567. The highest BCUT2D eigenvalue weighted by atomic mass is 16.5. The number of hydrogen-bond acceptors (Lipinski definition) is 1. The minimum Gasteiger partial charge on any atom is -0.457 e. The summed E-state index contributed by atoms with van der Waals surface area (Å²) in [5.74, 6) is 1.90. The fourth-order valence-corrected chi connectivity index (χ4v) is 2.21. The SMILES string of the molecule is [B][B]c1ccc2c(c1)Cc1cc(C)ccc1O2. The predicted octanol–water partition coefficient (Wildman–Crippen LogP) is 2.10. The largest absolute Gasteiger partial charge is 0.457 e. The van der Waals surface area contributed by atoms with E-state index >= 15 is 0 Å². The molecule has 3 rings (SSSR count). The average molecular weight is 217 g/mol. The molecule has 0 fully saturated rings. The van der Waals surface area contributed by atoms with Crippen molar-refractivity contribution in [3.8, 4) is 11.5 Å². The van der Waals surface area contributed by atoms with E-state index < -0.39 is 0 Å². The molecule has 0 bridgehead atoms. The smallest absolute Gasteiger partial charge is 0.130 e. The summed E-state index contributed by atoms with van der Waals surface area (Å²) in [6, 6.07) is 12.3. The van der Waals surface area contributed by atoms with Gasteiger partial charge in [0.1, 0.15) is 11.5 Å². The van der Waals surface area contributed by atoms with Gasteiger partial charge in [-0.15, -0.1) is 0 Å². The predicted molar refractivity (Wildman–Crippen MR) is 71.6 cm³/mol. The molecule has 1 heterocycles. The van der Waals surface area contributed by atoms with Gasteiger partial charge < -0.3 is 4.74 Å². The summed E-state index contributed by atoms with van der Waals surface area (Å²) in [5.41, 5.74) is 4.73. The van der Waals surface area contributed by atoms with Crippen LogP contribution in [0.25, 0.3) is 0 Å². The van der Waals surface area contributed by atoms with Crippen LogP contribution in [0.15, 0.2) is 36.4 Å². The molecule has 0 aliphatic carbocycles. The lowest BCUT2D eigenvalue weighted by molar-refractivity contribution is 0.460. The van der Waals surface area contributed by atoms with Crippen molar-refractivity contribution in [3.63, 3.8) is 0 Å². The Kier molecular flexibility index (Phi) is 2.47. The zero-order chi connectivity index (χ0) is 11.8. The second kappa shape index (κ2) is 3.99. The summed E-state index contributed by atoms with van der Waals surface area (Å²) in [7, 11) is 7.15. The number of hydrogen-bond donors (Lipinski definition) is 0. The van der Waals surface area contributed by atoms with E-state index in [1.165, 1.54) is 16.7 Å². The van der Waals surface area contributed by atoms with Crippen molar-refractivity contribution in [3.05, 3.63) is 53.1 Å². The van der Waals surface area contributed by atoms with Crippen molar-refractivity contribution >= 4 is 20.4 Å². The monoisotopic (exact) mass is 217 g/mol. The second-order valence-corrected chi connectivity index (χ2v) is 4.42. The Labute approximate surface area is 103 Å². The molecule has 3 heteroatoms. The number of benzene rings is 2. The van der Waals surface area contributed by atoms with Crippen LogP contribution in [-0.4, -0.2) is 14.9 Å². The van der Waals surface area contributed by atoms with Gasteiger partial charge in [0.15, 0.2) is 0 Å². The van der Waals surface area contributed by atoms with Crippen LogP contribution >= 0.6 is 0 Å². The Bertz CT molecular complexity index is 578. The molecule has 1 nitrogen and oxygen atoms in total. The normalized spacial score (nSPS) is 12.3.